The van der Waals surface area contributed by atoms with E-state index in [9.17, 15) is 23.3 Å². The molecule has 0 aliphatic heterocycles. The summed E-state index contributed by atoms with van der Waals surface area (Å²) in [4.78, 5) is 10.0. The summed E-state index contributed by atoms with van der Waals surface area (Å²) in [6.45, 7) is 0.562. The molecule has 1 saturated carbocycles. The lowest BCUT2D eigenvalue weighted by Gasteiger charge is -2.25. The van der Waals surface area contributed by atoms with Gasteiger partial charge < -0.3 is 5.32 Å². The summed E-state index contributed by atoms with van der Waals surface area (Å²) in [7, 11) is 0. The first-order valence-corrected chi connectivity index (χ1v) is 5.97. The van der Waals surface area contributed by atoms with Crippen molar-refractivity contribution < 1.29 is 18.1 Å². The molecule has 0 radical (unpaired) electrons. The summed E-state index contributed by atoms with van der Waals surface area (Å²) in [5.74, 6) is 0.460. The van der Waals surface area contributed by atoms with Crippen molar-refractivity contribution in [2.75, 3.05) is 11.9 Å². The molecule has 1 N–H and O–H groups in total. The van der Waals surface area contributed by atoms with Crippen LogP contribution in [0.15, 0.2) is 18.2 Å². The first kappa shape index (κ1) is 13.6. The molecule has 0 spiro atoms. The Labute approximate surface area is 107 Å². The molecule has 0 heterocycles. The average Bonchev–Trinajstić information content (AvgIpc) is 2.25. The van der Waals surface area contributed by atoms with Gasteiger partial charge in [-0.15, -0.1) is 0 Å². The molecule has 0 aromatic heterocycles. The standard InChI is InChI=1S/C12H13F3N2O2/c13-12(14,15)9-4-5-10(11(6-9)17(18)19)16-7-8-2-1-3-8/h4-6,8,16H,1-3,7H2. The second-order valence-electron chi connectivity index (χ2n) is 4.66. The molecule has 2 rings (SSSR count). The molecule has 19 heavy (non-hydrogen) atoms. The lowest BCUT2D eigenvalue weighted by atomic mass is 9.85. The van der Waals surface area contributed by atoms with Crippen LogP contribution in [0.4, 0.5) is 24.5 Å². The topological polar surface area (TPSA) is 55.2 Å². The van der Waals surface area contributed by atoms with E-state index in [0.29, 0.717) is 18.5 Å². The van der Waals surface area contributed by atoms with Crippen LogP contribution in [0, 0.1) is 16.0 Å². The van der Waals surface area contributed by atoms with E-state index in [0.717, 1.165) is 31.4 Å². The summed E-state index contributed by atoms with van der Waals surface area (Å²) in [6.07, 6.45) is -1.32. The van der Waals surface area contributed by atoms with Crippen LogP contribution in [0.1, 0.15) is 24.8 Å². The van der Waals surface area contributed by atoms with E-state index in [1.54, 1.807) is 0 Å². The average molecular weight is 274 g/mol. The van der Waals surface area contributed by atoms with Gasteiger partial charge in [0.15, 0.2) is 0 Å². The summed E-state index contributed by atoms with van der Waals surface area (Å²) >= 11 is 0. The lowest BCUT2D eigenvalue weighted by molar-refractivity contribution is -0.384. The zero-order valence-corrected chi connectivity index (χ0v) is 10.0. The lowest BCUT2D eigenvalue weighted by Crippen LogP contribution is -2.21. The molecule has 0 saturated heterocycles. The highest BCUT2D eigenvalue weighted by molar-refractivity contribution is 5.63. The third kappa shape index (κ3) is 3.15. The molecule has 0 amide bonds. The number of halogens is 3. The van der Waals surface area contributed by atoms with Crippen LogP contribution in [-0.4, -0.2) is 11.5 Å². The minimum Gasteiger partial charge on any atom is -0.379 e. The zero-order valence-electron chi connectivity index (χ0n) is 10.0. The molecule has 1 aromatic rings. The van der Waals surface area contributed by atoms with Crippen molar-refractivity contribution in [2.24, 2.45) is 5.92 Å². The molecule has 1 aromatic carbocycles. The van der Waals surface area contributed by atoms with E-state index in [1.807, 2.05) is 0 Å². The summed E-state index contributed by atoms with van der Waals surface area (Å²) in [5.41, 5.74) is -1.40. The largest absolute Gasteiger partial charge is 0.416 e. The van der Waals surface area contributed by atoms with Gasteiger partial charge in [-0.05, 0) is 30.9 Å². The van der Waals surface area contributed by atoms with Gasteiger partial charge in [0.25, 0.3) is 5.69 Å². The Morgan fingerprint density at radius 3 is 2.53 bits per heavy atom. The van der Waals surface area contributed by atoms with E-state index in [2.05, 4.69) is 5.32 Å². The SMILES string of the molecule is O=[N+]([O-])c1cc(C(F)(F)F)ccc1NCC1CCC1. The monoisotopic (exact) mass is 274 g/mol. The molecular formula is C12H13F3N2O2. The Kier molecular flexibility index (Phi) is 3.64. The Bertz CT molecular complexity index is 484. The van der Waals surface area contributed by atoms with Crippen LogP contribution < -0.4 is 5.32 Å². The Morgan fingerprint density at radius 1 is 1.37 bits per heavy atom. The molecule has 1 aliphatic rings. The van der Waals surface area contributed by atoms with Crippen LogP contribution in [0.2, 0.25) is 0 Å². The molecule has 1 fully saturated rings. The Morgan fingerprint density at radius 2 is 2.05 bits per heavy atom. The molecule has 0 unspecified atom stereocenters. The predicted molar refractivity (Wildman–Crippen MR) is 63.9 cm³/mol. The van der Waals surface area contributed by atoms with Crippen molar-refractivity contribution in [2.45, 2.75) is 25.4 Å². The van der Waals surface area contributed by atoms with Gasteiger partial charge in [0, 0.05) is 12.6 Å². The molecule has 0 bridgehead atoms. The van der Waals surface area contributed by atoms with Crippen LogP contribution in [0.25, 0.3) is 0 Å². The minimum atomic E-state index is -4.57. The van der Waals surface area contributed by atoms with Gasteiger partial charge in [0.1, 0.15) is 5.69 Å². The number of nitro benzene ring substituents is 1. The number of benzene rings is 1. The van der Waals surface area contributed by atoms with Crippen LogP contribution in [0.3, 0.4) is 0 Å². The Balaban J connectivity index is 2.19. The maximum atomic E-state index is 12.5. The quantitative estimate of drug-likeness (QED) is 0.670. The zero-order chi connectivity index (χ0) is 14.0. The van der Waals surface area contributed by atoms with Crippen molar-refractivity contribution in [1.82, 2.24) is 0 Å². The van der Waals surface area contributed by atoms with Crippen molar-refractivity contribution in [3.8, 4) is 0 Å². The van der Waals surface area contributed by atoms with E-state index in [-0.39, 0.29) is 5.69 Å². The van der Waals surface area contributed by atoms with Crippen LogP contribution in [0.5, 0.6) is 0 Å². The van der Waals surface area contributed by atoms with Gasteiger partial charge >= 0.3 is 6.18 Å². The normalized spacial score (nSPS) is 15.9. The highest BCUT2D eigenvalue weighted by Crippen LogP contribution is 2.35. The maximum Gasteiger partial charge on any atom is 0.416 e. The number of nitrogens with zero attached hydrogens (tertiary/aromatic N) is 1. The summed E-state index contributed by atoms with van der Waals surface area (Å²) in [6, 6.07) is 2.55. The predicted octanol–water partition coefficient (Wildman–Crippen LogP) is 3.83. The molecule has 0 atom stereocenters. The highest BCUT2D eigenvalue weighted by Gasteiger charge is 2.33. The summed E-state index contributed by atoms with van der Waals surface area (Å²) < 4.78 is 37.5. The number of nitrogens with one attached hydrogen (secondary N) is 1. The first-order valence-electron chi connectivity index (χ1n) is 5.97. The molecule has 1 aliphatic carbocycles. The fourth-order valence-corrected chi connectivity index (χ4v) is 1.96. The van der Waals surface area contributed by atoms with E-state index >= 15 is 0 Å². The van der Waals surface area contributed by atoms with E-state index < -0.39 is 22.4 Å². The highest BCUT2D eigenvalue weighted by atomic mass is 19.4. The molecule has 7 heteroatoms. The van der Waals surface area contributed by atoms with Gasteiger partial charge in [-0.1, -0.05) is 6.42 Å². The number of rotatable bonds is 4. The van der Waals surface area contributed by atoms with Crippen LogP contribution in [-0.2, 0) is 6.18 Å². The van der Waals surface area contributed by atoms with Gasteiger partial charge in [-0.2, -0.15) is 13.2 Å². The van der Waals surface area contributed by atoms with Crippen molar-refractivity contribution >= 4 is 11.4 Å². The fourth-order valence-electron chi connectivity index (χ4n) is 1.96. The number of nitro groups is 1. The number of alkyl halides is 3. The van der Waals surface area contributed by atoms with Crippen molar-refractivity contribution in [1.29, 1.82) is 0 Å². The van der Waals surface area contributed by atoms with Gasteiger partial charge in [0.05, 0.1) is 10.5 Å². The number of hydrogen-bond acceptors (Lipinski definition) is 3. The minimum absolute atomic E-state index is 0.143. The van der Waals surface area contributed by atoms with Gasteiger partial charge in [-0.3, -0.25) is 10.1 Å². The smallest absolute Gasteiger partial charge is 0.379 e. The molecule has 4 nitrogen and oxygen atoms in total. The molecule has 104 valence electrons. The first-order chi connectivity index (χ1) is 8.88. The van der Waals surface area contributed by atoms with Crippen LogP contribution >= 0.6 is 0 Å². The van der Waals surface area contributed by atoms with E-state index in [1.165, 1.54) is 0 Å². The number of anilines is 1. The maximum absolute atomic E-state index is 12.5. The van der Waals surface area contributed by atoms with Gasteiger partial charge in [0.2, 0.25) is 0 Å². The Hall–Kier alpha value is -1.79. The fraction of sp³-hybridized carbons (Fsp3) is 0.500. The van der Waals surface area contributed by atoms with Gasteiger partial charge in [-0.25, -0.2) is 0 Å². The second-order valence-corrected chi connectivity index (χ2v) is 4.66. The third-order valence-corrected chi connectivity index (χ3v) is 3.33. The van der Waals surface area contributed by atoms with Crippen molar-refractivity contribution in [3.05, 3.63) is 33.9 Å². The number of hydrogen-bond donors (Lipinski definition) is 1. The second kappa shape index (κ2) is 5.07. The molecular weight excluding hydrogens is 261 g/mol. The van der Waals surface area contributed by atoms with E-state index in [4.69, 9.17) is 0 Å². The summed E-state index contributed by atoms with van der Waals surface area (Å²) in [5, 5.41) is 13.7. The van der Waals surface area contributed by atoms with Crippen molar-refractivity contribution in [3.63, 3.8) is 0 Å². The third-order valence-electron chi connectivity index (χ3n) is 3.33.